The van der Waals surface area contributed by atoms with Crippen LogP contribution < -0.4 is 4.74 Å². The van der Waals surface area contributed by atoms with E-state index in [1.165, 1.54) is 19.4 Å². The Bertz CT molecular complexity index is 894. The van der Waals surface area contributed by atoms with E-state index in [0.29, 0.717) is 24.2 Å². The van der Waals surface area contributed by atoms with Gasteiger partial charge in [0.05, 0.1) is 18.4 Å². The molecule has 160 valence electrons. The molecule has 2 unspecified atom stereocenters. The second kappa shape index (κ2) is 7.68. The highest BCUT2D eigenvalue weighted by molar-refractivity contribution is 5.88. The van der Waals surface area contributed by atoms with Gasteiger partial charge in [-0.1, -0.05) is 19.3 Å². The lowest BCUT2D eigenvalue weighted by molar-refractivity contribution is -0.189. The van der Waals surface area contributed by atoms with Gasteiger partial charge in [-0.15, -0.1) is 0 Å². The number of carbonyl (C=O) groups excluding carboxylic acids is 1. The third kappa shape index (κ3) is 3.21. The molecular weight excluding hydrogens is 392 g/mol. The van der Waals surface area contributed by atoms with Gasteiger partial charge in [-0.25, -0.2) is 4.79 Å². The van der Waals surface area contributed by atoms with Crippen molar-refractivity contribution in [1.82, 2.24) is 0 Å². The van der Waals surface area contributed by atoms with E-state index in [4.69, 9.17) is 18.9 Å². The minimum atomic E-state index is -2.12. The van der Waals surface area contributed by atoms with Crippen molar-refractivity contribution in [2.45, 2.75) is 37.9 Å². The molecule has 1 aliphatic carbocycles. The van der Waals surface area contributed by atoms with Gasteiger partial charge in [0, 0.05) is 17.2 Å². The second-order valence-electron chi connectivity index (χ2n) is 7.80. The molecule has 1 aromatic carbocycles. The van der Waals surface area contributed by atoms with Gasteiger partial charge < -0.3 is 29.2 Å². The van der Waals surface area contributed by atoms with Crippen LogP contribution in [0.5, 0.6) is 5.75 Å². The molecule has 2 aliphatic heterocycles. The van der Waals surface area contributed by atoms with Crippen LogP contribution in [0.4, 0.5) is 0 Å². The minimum absolute atomic E-state index is 0.0510. The molecule has 0 bridgehead atoms. The average molecular weight is 416 g/mol. The van der Waals surface area contributed by atoms with Crippen LogP contribution >= 0.6 is 0 Å². The van der Waals surface area contributed by atoms with E-state index in [-0.39, 0.29) is 18.1 Å². The zero-order valence-electron chi connectivity index (χ0n) is 16.6. The van der Waals surface area contributed by atoms with Gasteiger partial charge in [-0.3, -0.25) is 4.79 Å². The fraction of sp³-hybridized carbons (Fsp3) is 0.455. The van der Waals surface area contributed by atoms with Crippen molar-refractivity contribution < 1.29 is 38.7 Å². The second-order valence-corrected chi connectivity index (χ2v) is 7.80. The van der Waals surface area contributed by atoms with E-state index in [9.17, 15) is 19.8 Å². The Hall–Kier alpha value is -3.00. The summed E-state index contributed by atoms with van der Waals surface area (Å²) in [4.78, 5) is 24.9. The molecular formula is C22H24O8. The molecule has 30 heavy (non-hydrogen) atoms. The molecule has 4 rings (SSSR count). The van der Waals surface area contributed by atoms with Crippen molar-refractivity contribution in [3.63, 3.8) is 0 Å². The largest absolute Gasteiger partial charge is 0.497 e. The summed E-state index contributed by atoms with van der Waals surface area (Å²) in [6, 6.07) is 6.43. The van der Waals surface area contributed by atoms with Crippen molar-refractivity contribution in [2.24, 2.45) is 11.3 Å². The van der Waals surface area contributed by atoms with Crippen molar-refractivity contribution in [2.75, 3.05) is 13.9 Å². The molecule has 0 radical (unpaired) electrons. The molecule has 1 saturated carbocycles. The number of aliphatic carboxylic acids is 1. The van der Waals surface area contributed by atoms with Crippen LogP contribution in [-0.2, 0) is 29.6 Å². The maximum Gasteiger partial charge on any atom is 0.334 e. The van der Waals surface area contributed by atoms with Crippen molar-refractivity contribution in [1.29, 1.82) is 0 Å². The lowest BCUT2D eigenvalue weighted by Crippen LogP contribution is -2.46. The van der Waals surface area contributed by atoms with Crippen LogP contribution in [0.1, 0.15) is 37.7 Å². The molecule has 2 atom stereocenters. The van der Waals surface area contributed by atoms with Crippen LogP contribution in [-0.4, -0.2) is 36.1 Å². The molecule has 0 amide bonds. The number of ether oxygens (including phenoxy) is 4. The highest BCUT2D eigenvalue weighted by Gasteiger charge is 2.58. The molecule has 8 heteroatoms. The third-order valence-electron chi connectivity index (χ3n) is 6.21. The number of carboxylic acid groups (broad SMARTS) is 1. The van der Waals surface area contributed by atoms with E-state index in [1.54, 1.807) is 24.3 Å². The summed E-state index contributed by atoms with van der Waals surface area (Å²) in [5.41, 5.74) is -0.821. The maximum atomic E-state index is 12.6. The van der Waals surface area contributed by atoms with Gasteiger partial charge in [0.1, 0.15) is 17.8 Å². The predicted octanol–water partition coefficient (Wildman–Crippen LogP) is 2.82. The number of methoxy groups -OCH3 is 1. The van der Waals surface area contributed by atoms with Gasteiger partial charge in [0.15, 0.2) is 0 Å². The summed E-state index contributed by atoms with van der Waals surface area (Å²) in [5, 5.41) is 21.8. The number of carbonyl (C=O) groups is 2. The van der Waals surface area contributed by atoms with Crippen LogP contribution in [0.25, 0.3) is 0 Å². The number of aliphatic hydroxyl groups is 1. The zero-order chi connectivity index (χ0) is 21.4. The van der Waals surface area contributed by atoms with E-state index in [0.717, 1.165) is 19.3 Å². The van der Waals surface area contributed by atoms with Crippen LogP contribution in [0.3, 0.4) is 0 Å². The molecule has 0 aromatic heterocycles. The zero-order valence-corrected chi connectivity index (χ0v) is 16.6. The molecule has 8 nitrogen and oxygen atoms in total. The van der Waals surface area contributed by atoms with Crippen LogP contribution in [0.2, 0.25) is 0 Å². The van der Waals surface area contributed by atoms with E-state index in [1.807, 2.05) is 0 Å². The number of hydrogen-bond acceptors (Lipinski definition) is 7. The summed E-state index contributed by atoms with van der Waals surface area (Å²) >= 11 is 0. The van der Waals surface area contributed by atoms with Gasteiger partial charge in [0.25, 0.3) is 5.79 Å². The Morgan fingerprint density at radius 3 is 2.43 bits per heavy atom. The summed E-state index contributed by atoms with van der Waals surface area (Å²) in [6.07, 6.45) is 5.68. The van der Waals surface area contributed by atoms with Crippen LogP contribution in [0.15, 0.2) is 47.9 Å². The van der Waals surface area contributed by atoms with Gasteiger partial charge in [-0.2, -0.15) is 0 Å². The Morgan fingerprint density at radius 1 is 1.17 bits per heavy atom. The minimum Gasteiger partial charge on any atom is -0.497 e. The van der Waals surface area contributed by atoms with E-state index < -0.39 is 29.1 Å². The number of esters is 1. The van der Waals surface area contributed by atoms with Gasteiger partial charge in [-0.05, 0) is 37.1 Å². The SMILES string of the molecule is COc1ccc(C2(O)OC(=O)C=C2C(C2=COCO2)C2(C(=O)O)CCCCC2)cc1. The van der Waals surface area contributed by atoms with Crippen LogP contribution in [0, 0.1) is 11.3 Å². The average Bonchev–Trinajstić information content (AvgIpc) is 3.38. The monoisotopic (exact) mass is 416 g/mol. The lowest BCUT2D eigenvalue weighted by atomic mass is 9.61. The molecule has 0 saturated heterocycles. The Balaban J connectivity index is 1.85. The fourth-order valence-electron chi connectivity index (χ4n) is 4.72. The standard InChI is InChI=1S/C22H24O8/c1-27-15-7-5-14(6-8-15)22(26)16(11-18(23)30-22)19(17-12-28-13-29-17)21(20(24)25)9-3-2-4-10-21/h5-8,11-12,19,26H,2-4,9-10,13H2,1H3,(H,24,25). The highest BCUT2D eigenvalue weighted by atomic mass is 16.7. The van der Waals surface area contributed by atoms with E-state index in [2.05, 4.69) is 0 Å². The number of cyclic esters (lactones) is 1. The quantitative estimate of drug-likeness (QED) is 0.681. The number of rotatable bonds is 6. The lowest BCUT2D eigenvalue weighted by Gasteiger charge is -2.42. The van der Waals surface area contributed by atoms with Crippen molar-refractivity contribution >= 4 is 11.9 Å². The summed E-state index contributed by atoms with van der Waals surface area (Å²) in [7, 11) is 1.52. The summed E-state index contributed by atoms with van der Waals surface area (Å²) in [5.74, 6) is -3.95. The number of benzene rings is 1. The molecule has 1 fully saturated rings. The molecule has 2 heterocycles. The highest BCUT2D eigenvalue weighted by Crippen LogP contribution is 2.55. The summed E-state index contributed by atoms with van der Waals surface area (Å²) in [6.45, 7) is -0.0510. The smallest absolute Gasteiger partial charge is 0.334 e. The Morgan fingerprint density at radius 2 is 1.87 bits per heavy atom. The maximum absolute atomic E-state index is 12.6. The van der Waals surface area contributed by atoms with Gasteiger partial charge in [0.2, 0.25) is 6.79 Å². The normalized spacial score (nSPS) is 26.0. The molecule has 0 spiro atoms. The predicted molar refractivity (Wildman–Crippen MR) is 103 cm³/mol. The topological polar surface area (TPSA) is 112 Å². The van der Waals surface area contributed by atoms with E-state index >= 15 is 0 Å². The third-order valence-corrected chi connectivity index (χ3v) is 6.21. The first-order chi connectivity index (χ1) is 14.4. The Kier molecular flexibility index (Phi) is 5.19. The first kappa shape index (κ1) is 20.3. The first-order valence-corrected chi connectivity index (χ1v) is 9.90. The van der Waals surface area contributed by atoms with Crippen molar-refractivity contribution in [3.05, 3.63) is 53.5 Å². The van der Waals surface area contributed by atoms with Gasteiger partial charge >= 0.3 is 11.9 Å². The molecule has 2 N–H and O–H groups in total. The first-order valence-electron chi connectivity index (χ1n) is 9.90. The summed E-state index contributed by atoms with van der Waals surface area (Å²) < 4.78 is 21.3. The number of hydrogen-bond donors (Lipinski definition) is 2. The number of allylic oxidation sites excluding steroid dienone is 1. The molecule has 1 aromatic rings. The van der Waals surface area contributed by atoms with Crippen molar-refractivity contribution in [3.8, 4) is 5.75 Å². The fourth-order valence-corrected chi connectivity index (χ4v) is 4.72. The Labute approximate surface area is 173 Å². The molecule has 3 aliphatic rings. The number of carboxylic acids is 1.